The molecule has 430 valence electrons. The molecule has 11 aromatic carbocycles. The van der Waals surface area contributed by atoms with Crippen molar-refractivity contribution in [3.63, 3.8) is 0 Å². The Bertz CT molecular complexity index is 4460. The zero-order chi connectivity index (χ0) is 60.6. The van der Waals surface area contributed by atoms with Crippen LogP contribution in [0.3, 0.4) is 0 Å². The largest absolute Gasteiger partial charge is 0.311 e. The molecule has 0 amide bonds. The molecule has 5 heteroatoms. The van der Waals surface area contributed by atoms with Gasteiger partial charge in [0.1, 0.15) is 0 Å². The quantitative estimate of drug-likeness (QED) is 0.141. The highest BCUT2D eigenvalue weighted by atomic mass is 15.2. The van der Waals surface area contributed by atoms with Crippen molar-refractivity contribution in [3.05, 3.63) is 269 Å². The summed E-state index contributed by atoms with van der Waals surface area (Å²) >= 11 is 0. The molecule has 0 saturated carbocycles. The van der Waals surface area contributed by atoms with Gasteiger partial charge in [-0.25, -0.2) is 0 Å². The monoisotopic (exact) mass is 1130 g/mol. The number of hydrogen-bond acceptors (Lipinski definition) is 4. The molecule has 0 saturated heterocycles. The van der Waals surface area contributed by atoms with Crippen LogP contribution in [0.4, 0.5) is 68.2 Å². The molecule has 3 aliphatic rings. The zero-order valence-electron chi connectivity index (χ0n) is 53.2. The van der Waals surface area contributed by atoms with E-state index in [1.807, 2.05) is 0 Å². The second-order valence-electron chi connectivity index (χ2n) is 28.6. The summed E-state index contributed by atoms with van der Waals surface area (Å²) in [5, 5.41) is 2.41. The van der Waals surface area contributed by atoms with Crippen molar-refractivity contribution in [3.8, 4) is 11.1 Å². The van der Waals surface area contributed by atoms with Crippen molar-refractivity contribution < 1.29 is 0 Å². The van der Waals surface area contributed by atoms with E-state index in [-0.39, 0.29) is 28.4 Å². The lowest BCUT2D eigenvalue weighted by atomic mass is 9.33. The molecule has 0 radical (unpaired) electrons. The first kappa shape index (κ1) is 55.8. The number of benzene rings is 11. The smallest absolute Gasteiger partial charge is 0.252 e. The molecule has 0 N–H and O–H groups in total. The summed E-state index contributed by atoms with van der Waals surface area (Å²) in [5.74, 6) is 0. The van der Waals surface area contributed by atoms with Crippen LogP contribution in [0.1, 0.15) is 121 Å². The predicted molar refractivity (Wildman–Crippen MR) is 375 cm³/mol. The molecule has 4 nitrogen and oxygen atoms in total. The van der Waals surface area contributed by atoms with E-state index in [2.05, 4.69) is 341 Å². The van der Waals surface area contributed by atoms with Crippen LogP contribution in [0.15, 0.2) is 224 Å². The summed E-state index contributed by atoms with van der Waals surface area (Å²) in [6.45, 7) is 32.5. The van der Waals surface area contributed by atoms with E-state index < -0.39 is 0 Å². The molecule has 0 bridgehead atoms. The van der Waals surface area contributed by atoms with E-state index in [9.17, 15) is 0 Å². The third kappa shape index (κ3) is 9.35. The SMILES string of the molecule is Cc1ccc(N(c2ccc(C)cc2)c2cc3c(c(N4c5ccc(C(C)(C)C)cc5B5c6ccc(N(c7ccc(C)cc7)c7cccc8ccccc78)cc6N(c6ccc(C(C)(C)C)cc6)c6cc(C(C)(C)C)cc4c65)c2)C(C)(C)c2ccccc2-3)cc1. The Balaban J connectivity index is 1.10. The molecule has 2 aliphatic heterocycles. The maximum Gasteiger partial charge on any atom is 0.252 e. The second kappa shape index (κ2) is 20.3. The van der Waals surface area contributed by atoms with Crippen molar-refractivity contribution in [1.82, 2.24) is 0 Å². The summed E-state index contributed by atoms with van der Waals surface area (Å²) in [6, 6.07) is 86.3. The highest BCUT2D eigenvalue weighted by Gasteiger charge is 2.47. The second-order valence-corrected chi connectivity index (χ2v) is 28.6. The molecule has 14 rings (SSSR count). The van der Waals surface area contributed by atoms with Gasteiger partial charge in [0.25, 0.3) is 6.71 Å². The fourth-order valence-corrected chi connectivity index (χ4v) is 14.2. The summed E-state index contributed by atoms with van der Waals surface area (Å²) < 4.78 is 0. The zero-order valence-corrected chi connectivity index (χ0v) is 53.2. The number of hydrogen-bond donors (Lipinski definition) is 0. The van der Waals surface area contributed by atoms with E-state index in [0.29, 0.717) is 0 Å². The van der Waals surface area contributed by atoms with Crippen LogP contribution in [0.5, 0.6) is 0 Å². The average Bonchev–Trinajstić information content (AvgIpc) is 1.56. The van der Waals surface area contributed by atoms with Gasteiger partial charge in [-0.05, 0) is 195 Å². The number of aryl methyl sites for hydroxylation is 3. The van der Waals surface area contributed by atoms with Crippen molar-refractivity contribution in [1.29, 1.82) is 0 Å². The average molecular weight is 1130 g/mol. The van der Waals surface area contributed by atoms with Gasteiger partial charge < -0.3 is 19.6 Å². The summed E-state index contributed by atoms with van der Waals surface area (Å²) in [6.07, 6.45) is 0. The highest BCUT2D eigenvalue weighted by Crippen LogP contribution is 2.58. The topological polar surface area (TPSA) is 13.0 Å². The first-order chi connectivity index (χ1) is 41.5. The molecule has 0 aromatic heterocycles. The highest BCUT2D eigenvalue weighted by molar-refractivity contribution is 7.00. The summed E-state index contributed by atoms with van der Waals surface area (Å²) in [5.41, 5.74) is 29.8. The lowest BCUT2D eigenvalue weighted by molar-refractivity contribution is 0.590. The molecule has 0 spiro atoms. The third-order valence-corrected chi connectivity index (χ3v) is 19.0. The number of rotatable bonds is 8. The van der Waals surface area contributed by atoms with Crippen LogP contribution >= 0.6 is 0 Å². The minimum atomic E-state index is -0.348. The predicted octanol–water partition coefficient (Wildman–Crippen LogP) is 21.0. The standard InChI is InChI=1S/C82H79BN4/c1-52-26-35-59(36-27-52)84(60-37-28-53(2)29-38-60)64-49-67-66-23-17-18-24-68(66)82(13,14)77(67)74(51-64)87-72-45-34-57(80(7,8)9)46-70(72)83-69-44-43-63(85(61-39-30-54(3)31-40-61)71-25-19-21-55-20-15-16-22-65(55)71)50-73(69)86(62-41-32-56(33-42-62)79(4,5)6)75-47-58(81(10,11)12)48-76(87)78(75)83/h15-51H,1-14H3. The third-order valence-electron chi connectivity index (χ3n) is 19.0. The fraction of sp³-hybridized carbons (Fsp3) is 0.220. The van der Waals surface area contributed by atoms with E-state index in [4.69, 9.17) is 0 Å². The van der Waals surface area contributed by atoms with Gasteiger partial charge >= 0.3 is 0 Å². The van der Waals surface area contributed by atoms with Crippen molar-refractivity contribution in [2.75, 3.05) is 19.6 Å². The Morgan fingerprint density at radius 3 is 1.52 bits per heavy atom. The maximum absolute atomic E-state index is 2.71. The molecule has 2 heterocycles. The van der Waals surface area contributed by atoms with Gasteiger partial charge in [0, 0.05) is 67.7 Å². The van der Waals surface area contributed by atoms with E-state index in [0.717, 1.165) is 39.8 Å². The first-order valence-corrected chi connectivity index (χ1v) is 31.3. The Hall–Kier alpha value is -9.06. The van der Waals surface area contributed by atoms with Gasteiger partial charge in [0.15, 0.2) is 0 Å². The van der Waals surface area contributed by atoms with Crippen LogP contribution in [-0.4, -0.2) is 6.71 Å². The number of nitrogens with zero attached hydrogens (tertiary/aromatic N) is 4. The van der Waals surface area contributed by atoms with Crippen molar-refractivity contribution >= 4 is 102 Å². The summed E-state index contributed by atoms with van der Waals surface area (Å²) in [4.78, 5) is 10.3. The maximum atomic E-state index is 2.71. The molecule has 11 aromatic rings. The van der Waals surface area contributed by atoms with Crippen LogP contribution in [0.25, 0.3) is 21.9 Å². The van der Waals surface area contributed by atoms with Gasteiger partial charge in [-0.2, -0.15) is 0 Å². The lowest BCUT2D eigenvalue weighted by Crippen LogP contribution is -2.61. The van der Waals surface area contributed by atoms with Crippen LogP contribution in [0, 0.1) is 20.8 Å². The van der Waals surface area contributed by atoms with E-state index >= 15 is 0 Å². The number of fused-ring (bicyclic) bond motifs is 8. The van der Waals surface area contributed by atoms with Crippen molar-refractivity contribution in [2.45, 2.75) is 119 Å². The number of anilines is 12. The molecule has 0 fully saturated rings. The summed E-state index contributed by atoms with van der Waals surface area (Å²) in [7, 11) is 0. The molecular formula is C82H79BN4. The minimum absolute atomic E-state index is 0.0272. The minimum Gasteiger partial charge on any atom is -0.311 e. The van der Waals surface area contributed by atoms with Crippen LogP contribution in [-0.2, 0) is 21.7 Å². The normalized spacial score (nSPS) is 13.9. The van der Waals surface area contributed by atoms with Crippen LogP contribution < -0.4 is 36.0 Å². The molecular weight excluding hydrogens is 1050 g/mol. The van der Waals surface area contributed by atoms with Gasteiger partial charge in [-0.1, -0.05) is 220 Å². The van der Waals surface area contributed by atoms with Crippen LogP contribution in [0.2, 0.25) is 0 Å². The van der Waals surface area contributed by atoms with E-state index in [1.165, 1.54) is 111 Å². The molecule has 87 heavy (non-hydrogen) atoms. The van der Waals surface area contributed by atoms with Crippen molar-refractivity contribution in [2.24, 2.45) is 0 Å². The molecule has 0 unspecified atom stereocenters. The Morgan fingerprint density at radius 2 is 0.897 bits per heavy atom. The Labute approximate surface area is 517 Å². The molecule has 1 aliphatic carbocycles. The molecule has 0 atom stereocenters. The van der Waals surface area contributed by atoms with Gasteiger partial charge in [0.05, 0.1) is 11.4 Å². The van der Waals surface area contributed by atoms with Gasteiger partial charge in [-0.3, -0.25) is 0 Å². The Morgan fingerprint density at radius 1 is 0.368 bits per heavy atom. The van der Waals surface area contributed by atoms with Gasteiger partial charge in [-0.15, -0.1) is 0 Å². The first-order valence-electron chi connectivity index (χ1n) is 31.3. The van der Waals surface area contributed by atoms with Gasteiger partial charge in [0.2, 0.25) is 0 Å². The fourth-order valence-electron chi connectivity index (χ4n) is 14.2. The Kier molecular flexibility index (Phi) is 13.0. The van der Waals surface area contributed by atoms with E-state index in [1.54, 1.807) is 0 Å². The lowest BCUT2D eigenvalue weighted by Gasteiger charge is -2.46.